The Morgan fingerprint density at radius 2 is 1.96 bits per heavy atom. The maximum Gasteiger partial charge on any atom is 0.222 e. The van der Waals surface area contributed by atoms with Crippen LogP contribution in [-0.2, 0) is 20.2 Å². The Morgan fingerprint density at radius 1 is 1.30 bits per heavy atom. The highest BCUT2D eigenvalue weighted by molar-refractivity contribution is 7.89. The number of sulfonamides is 1. The Bertz CT molecular complexity index is 641. The molecule has 0 aliphatic carbocycles. The number of amides is 1. The summed E-state index contributed by atoms with van der Waals surface area (Å²) in [6, 6.07) is 9.86. The summed E-state index contributed by atoms with van der Waals surface area (Å²) in [7, 11) is -3.55. The van der Waals surface area contributed by atoms with Crippen LogP contribution < -0.4 is 5.14 Å². The zero-order chi connectivity index (χ0) is 17.1. The number of hydrogen-bond acceptors (Lipinski definition) is 3. The lowest BCUT2D eigenvalue weighted by atomic mass is 9.80. The van der Waals surface area contributed by atoms with Crippen LogP contribution >= 0.6 is 0 Å². The number of rotatable bonds is 6. The molecular formula is C17H26N2O3S. The molecule has 6 heteroatoms. The molecule has 1 aromatic rings. The van der Waals surface area contributed by atoms with Gasteiger partial charge in [0, 0.05) is 19.0 Å². The minimum Gasteiger partial charge on any atom is -0.339 e. The van der Waals surface area contributed by atoms with Crippen LogP contribution in [0.2, 0.25) is 0 Å². The fraction of sp³-hybridized carbons (Fsp3) is 0.588. The van der Waals surface area contributed by atoms with Crippen molar-refractivity contribution >= 4 is 15.9 Å². The Labute approximate surface area is 138 Å². The third kappa shape index (κ3) is 5.04. The predicted octanol–water partition coefficient (Wildman–Crippen LogP) is 2.02. The minimum atomic E-state index is -3.55. The fourth-order valence-corrected chi connectivity index (χ4v) is 4.09. The maximum atomic E-state index is 12.5. The largest absolute Gasteiger partial charge is 0.339 e. The maximum absolute atomic E-state index is 12.5. The molecule has 1 aliphatic heterocycles. The molecule has 1 atom stereocenters. The summed E-state index contributed by atoms with van der Waals surface area (Å²) in [5.41, 5.74) is 1.11. The Balaban J connectivity index is 1.96. The first-order valence-corrected chi connectivity index (χ1v) is 9.76. The van der Waals surface area contributed by atoms with Gasteiger partial charge in [0.05, 0.1) is 5.75 Å². The molecule has 128 valence electrons. The van der Waals surface area contributed by atoms with Crippen molar-refractivity contribution in [1.82, 2.24) is 4.90 Å². The highest BCUT2D eigenvalue weighted by Crippen LogP contribution is 2.29. The normalized spacial score (nSPS) is 19.1. The fourth-order valence-electron chi connectivity index (χ4n) is 3.20. The van der Waals surface area contributed by atoms with E-state index in [0.29, 0.717) is 19.4 Å². The third-order valence-corrected chi connectivity index (χ3v) is 5.49. The van der Waals surface area contributed by atoms with Crippen LogP contribution in [0.1, 0.15) is 45.1 Å². The van der Waals surface area contributed by atoms with Crippen molar-refractivity contribution in [3.05, 3.63) is 35.9 Å². The monoisotopic (exact) mass is 338 g/mol. The van der Waals surface area contributed by atoms with Crippen LogP contribution in [-0.4, -0.2) is 37.6 Å². The van der Waals surface area contributed by atoms with Crippen molar-refractivity contribution in [2.45, 2.75) is 51.0 Å². The molecule has 0 aromatic heterocycles. The van der Waals surface area contributed by atoms with E-state index in [1.165, 1.54) is 5.56 Å². The van der Waals surface area contributed by atoms with E-state index in [-0.39, 0.29) is 23.1 Å². The Kier molecular flexibility index (Phi) is 5.47. The Morgan fingerprint density at radius 3 is 2.57 bits per heavy atom. The van der Waals surface area contributed by atoms with Crippen molar-refractivity contribution in [3.63, 3.8) is 0 Å². The van der Waals surface area contributed by atoms with E-state index in [2.05, 4.69) is 26.0 Å². The van der Waals surface area contributed by atoms with Gasteiger partial charge in [-0.15, -0.1) is 0 Å². The third-order valence-electron chi connectivity index (χ3n) is 4.64. The SMILES string of the molecule is CC(C)(CCC(=O)N1CCC[C@H]1CS(N)(=O)=O)c1ccccc1. The van der Waals surface area contributed by atoms with Crippen molar-refractivity contribution in [2.24, 2.45) is 5.14 Å². The van der Waals surface area contributed by atoms with E-state index >= 15 is 0 Å². The van der Waals surface area contributed by atoms with Gasteiger partial charge >= 0.3 is 0 Å². The van der Waals surface area contributed by atoms with Crippen LogP contribution in [0.15, 0.2) is 30.3 Å². The van der Waals surface area contributed by atoms with Gasteiger partial charge in [0.2, 0.25) is 15.9 Å². The second-order valence-electron chi connectivity index (χ2n) is 6.96. The van der Waals surface area contributed by atoms with E-state index in [4.69, 9.17) is 5.14 Å². The average molecular weight is 338 g/mol. The number of benzene rings is 1. The first kappa shape index (κ1) is 17.9. The molecule has 2 rings (SSSR count). The first-order valence-electron chi connectivity index (χ1n) is 8.04. The molecule has 0 bridgehead atoms. The second kappa shape index (κ2) is 7.01. The molecule has 1 aliphatic rings. The summed E-state index contributed by atoms with van der Waals surface area (Å²) in [5, 5.41) is 5.13. The van der Waals surface area contributed by atoms with E-state index in [0.717, 1.165) is 12.8 Å². The van der Waals surface area contributed by atoms with Crippen LogP contribution in [0.25, 0.3) is 0 Å². The minimum absolute atomic E-state index is 0.0279. The first-order chi connectivity index (χ1) is 10.7. The van der Waals surface area contributed by atoms with E-state index in [9.17, 15) is 13.2 Å². The number of nitrogens with two attached hydrogens (primary N) is 1. The summed E-state index contributed by atoms with van der Waals surface area (Å²) in [6.07, 6.45) is 2.70. The number of hydrogen-bond donors (Lipinski definition) is 1. The van der Waals surface area contributed by atoms with E-state index < -0.39 is 10.0 Å². The molecule has 1 aromatic carbocycles. The molecule has 5 nitrogen and oxygen atoms in total. The standard InChI is InChI=1S/C17H26N2O3S/c1-17(2,14-7-4-3-5-8-14)11-10-16(20)19-12-6-9-15(19)13-23(18,21)22/h3-5,7-8,15H,6,9-13H2,1-2H3,(H2,18,21,22)/t15-/m0/s1. The molecular weight excluding hydrogens is 312 g/mol. The molecule has 23 heavy (non-hydrogen) atoms. The lowest BCUT2D eigenvalue weighted by molar-refractivity contribution is -0.132. The summed E-state index contributed by atoms with van der Waals surface area (Å²) in [6.45, 7) is 4.88. The van der Waals surface area contributed by atoms with Crippen LogP contribution in [0.5, 0.6) is 0 Å². The van der Waals surface area contributed by atoms with Crippen molar-refractivity contribution < 1.29 is 13.2 Å². The zero-order valence-electron chi connectivity index (χ0n) is 13.9. The Hall–Kier alpha value is -1.40. The smallest absolute Gasteiger partial charge is 0.222 e. The van der Waals surface area contributed by atoms with Crippen molar-refractivity contribution in [3.8, 4) is 0 Å². The molecule has 1 fully saturated rings. The summed E-state index contributed by atoms with van der Waals surface area (Å²) in [5.74, 6) is -0.110. The van der Waals surface area contributed by atoms with Gasteiger partial charge in [-0.2, -0.15) is 0 Å². The lowest BCUT2D eigenvalue weighted by Gasteiger charge is -2.28. The van der Waals surface area contributed by atoms with E-state index in [1.807, 2.05) is 18.2 Å². The molecule has 2 N–H and O–H groups in total. The lowest BCUT2D eigenvalue weighted by Crippen LogP contribution is -2.41. The average Bonchev–Trinajstić information content (AvgIpc) is 2.92. The summed E-state index contributed by atoms with van der Waals surface area (Å²) < 4.78 is 22.6. The van der Waals surface area contributed by atoms with Crippen LogP contribution in [0, 0.1) is 0 Å². The zero-order valence-corrected chi connectivity index (χ0v) is 14.7. The van der Waals surface area contributed by atoms with Gasteiger partial charge in [-0.1, -0.05) is 44.2 Å². The highest BCUT2D eigenvalue weighted by atomic mass is 32.2. The van der Waals surface area contributed by atoms with Gasteiger partial charge in [0.25, 0.3) is 0 Å². The topological polar surface area (TPSA) is 80.5 Å². The predicted molar refractivity (Wildman–Crippen MR) is 91.4 cm³/mol. The summed E-state index contributed by atoms with van der Waals surface area (Å²) >= 11 is 0. The molecule has 1 saturated heterocycles. The number of carbonyl (C=O) groups is 1. The molecule has 0 spiro atoms. The molecule has 0 saturated carbocycles. The molecule has 0 unspecified atom stereocenters. The quantitative estimate of drug-likeness (QED) is 0.862. The van der Waals surface area contributed by atoms with Gasteiger partial charge in [0.15, 0.2) is 0 Å². The molecule has 1 heterocycles. The van der Waals surface area contributed by atoms with Crippen molar-refractivity contribution in [1.29, 1.82) is 0 Å². The van der Waals surface area contributed by atoms with Crippen LogP contribution in [0.4, 0.5) is 0 Å². The number of primary sulfonamides is 1. The van der Waals surface area contributed by atoms with Gasteiger partial charge in [0.1, 0.15) is 0 Å². The van der Waals surface area contributed by atoms with Gasteiger partial charge < -0.3 is 4.90 Å². The molecule has 1 amide bonds. The number of likely N-dealkylation sites (tertiary alicyclic amines) is 1. The van der Waals surface area contributed by atoms with Gasteiger partial charge in [-0.05, 0) is 30.2 Å². The molecule has 0 radical (unpaired) electrons. The van der Waals surface area contributed by atoms with Crippen LogP contribution in [0.3, 0.4) is 0 Å². The summed E-state index contributed by atoms with van der Waals surface area (Å²) in [4.78, 5) is 14.2. The van der Waals surface area contributed by atoms with Gasteiger partial charge in [-0.3, -0.25) is 4.79 Å². The number of nitrogens with zero attached hydrogens (tertiary/aromatic N) is 1. The van der Waals surface area contributed by atoms with Gasteiger partial charge in [-0.25, -0.2) is 13.6 Å². The highest BCUT2D eigenvalue weighted by Gasteiger charge is 2.32. The second-order valence-corrected chi connectivity index (χ2v) is 8.62. The number of carbonyl (C=O) groups excluding carboxylic acids is 1. The van der Waals surface area contributed by atoms with Crippen molar-refractivity contribution in [2.75, 3.05) is 12.3 Å². The van der Waals surface area contributed by atoms with E-state index in [1.54, 1.807) is 4.90 Å².